The number of hydrogen-bond acceptors (Lipinski definition) is 2. The Bertz CT molecular complexity index is 307. The van der Waals surface area contributed by atoms with Crippen LogP contribution in [-0.2, 0) is 4.79 Å². The van der Waals surface area contributed by atoms with Gasteiger partial charge in [0.05, 0.1) is 6.04 Å². The van der Waals surface area contributed by atoms with E-state index in [2.05, 4.69) is 13.0 Å². The Hall–Kier alpha value is -0.830. The van der Waals surface area contributed by atoms with E-state index >= 15 is 0 Å². The molecule has 15 heavy (non-hydrogen) atoms. The Morgan fingerprint density at radius 3 is 2.67 bits per heavy atom. The van der Waals surface area contributed by atoms with E-state index < -0.39 is 0 Å². The van der Waals surface area contributed by atoms with Crippen molar-refractivity contribution in [2.75, 3.05) is 7.05 Å². The molecular formula is C12H19NOS. The third kappa shape index (κ3) is 2.81. The quantitative estimate of drug-likeness (QED) is 0.770. The Morgan fingerprint density at radius 2 is 2.20 bits per heavy atom. The van der Waals surface area contributed by atoms with Crippen LogP contribution in [0, 0.1) is 5.92 Å². The molecule has 2 atom stereocenters. The number of carbonyl (C=O) groups excluding carboxylic acids is 1. The van der Waals surface area contributed by atoms with Gasteiger partial charge < -0.3 is 4.90 Å². The summed E-state index contributed by atoms with van der Waals surface area (Å²) in [4.78, 5) is 15.0. The standard InChI is InChI=1S/C12H19NOS/c1-5-9(2)12(14)13(4)10(3)11-7-6-8-15-11/h6-10H,5H2,1-4H3. The zero-order valence-corrected chi connectivity index (χ0v) is 10.7. The molecule has 0 radical (unpaired) electrons. The molecule has 0 aromatic carbocycles. The molecule has 0 fully saturated rings. The van der Waals surface area contributed by atoms with Gasteiger partial charge in [-0.3, -0.25) is 4.79 Å². The first-order valence-electron chi connectivity index (χ1n) is 5.38. The van der Waals surface area contributed by atoms with Crippen molar-refractivity contribution in [3.05, 3.63) is 22.4 Å². The van der Waals surface area contributed by atoms with E-state index in [-0.39, 0.29) is 17.9 Å². The van der Waals surface area contributed by atoms with E-state index in [9.17, 15) is 4.79 Å². The summed E-state index contributed by atoms with van der Waals surface area (Å²) >= 11 is 1.70. The molecule has 3 heteroatoms. The summed E-state index contributed by atoms with van der Waals surface area (Å²) < 4.78 is 0. The van der Waals surface area contributed by atoms with Crippen molar-refractivity contribution in [3.8, 4) is 0 Å². The zero-order valence-electron chi connectivity index (χ0n) is 9.86. The van der Waals surface area contributed by atoms with Crippen LogP contribution in [0.5, 0.6) is 0 Å². The normalized spacial score (nSPS) is 14.7. The molecule has 0 aliphatic carbocycles. The lowest BCUT2D eigenvalue weighted by Crippen LogP contribution is -2.33. The van der Waals surface area contributed by atoms with Crippen LogP contribution < -0.4 is 0 Å². The fraction of sp³-hybridized carbons (Fsp3) is 0.583. The number of thiophene rings is 1. The van der Waals surface area contributed by atoms with Gasteiger partial charge >= 0.3 is 0 Å². The highest BCUT2D eigenvalue weighted by atomic mass is 32.1. The van der Waals surface area contributed by atoms with Crippen LogP contribution in [0.2, 0.25) is 0 Å². The minimum Gasteiger partial charge on any atom is -0.338 e. The van der Waals surface area contributed by atoms with Gasteiger partial charge in [0, 0.05) is 17.8 Å². The maximum absolute atomic E-state index is 11.9. The topological polar surface area (TPSA) is 20.3 Å². The molecule has 2 unspecified atom stereocenters. The first-order chi connectivity index (χ1) is 7.07. The molecule has 1 aromatic rings. The van der Waals surface area contributed by atoms with Gasteiger partial charge in [-0.15, -0.1) is 11.3 Å². The minimum absolute atomic E-state index is 0.123. The average molecular weight is 225 g/mol. The van der Waals surface area contributed by atoms with E-state index in [1.54, 1.807) is 11.3 Å². The van der Waals surface area contributed by atoms with Gasteiger partial charge in [0.15, 0.2) is 0 Å². The molecule has 0 aliphatic rings. The monoisotopic (exact) mass is 225 g/mol. The van der Waals surface area contributed by atoms with Crippen LogP contribution in [0.25, 0.3) is 0 Å². The maximum atomic E-state index is 11.9. The lowest BCUT2D eigenvalue weighted by Gasteiger charge is -2.26. The van der Waals surface area contributed by atoms with E-state index in [1.165, 1.54) is 4.88 Å². The smallest absolute Gasteiger partial charge is 0.225 e. The van der Waals surface area contributed by atoms with Crippen LogP contribution in [-0.4, -0.2) is 17.9 Å². The first-order valence-corrected chi connectivity index (χ1v) is 6.26. The molecule has 1 amide bonds. The lowest BCUT2D eigenvalue weighted by molar-refractivity contribution is -0.135. The predicted molar refractivity (Wildman–Crippen MR) is 65.0 cm³/mol. The molecule has 0 saturated carbocycles. The molecule has 1 heterocycles. The lowest BCUT2D eigenvalue weighted by atomic mass is 10.1. The van der Waals surface area contributed by atoms with Gasteiger partial charge in [-0.2, -0.15) is 0 Å². The SMILES string of the molecule is CCC(C)C(=O)N(C)C(C)c1cccs1. The zero-order chi connectivity index (χ0) is 11.4. The molecule has 1 rings (SSSR count). The summed E-state index contributed by atoms with van der Waals surface area (Å²) in [6, 6.07) is 4.29. The highest BCUT2D eigenvalue weighted by molar-refractivity contribution is 7.10. The van der Waals surface area contributed by atoms with Gasteiger partial charge in [0.1, 0.15) is 0 Å². The summed E-state index contributed by atoms with van der Waals surface area (Å²) in [5, 5.41) is 2.05. The summed E-state index contributed by atoms with van der Waals surface area (Å²) in [7, 11) is 1.89. The van der Waals surface area contributed by atoms with Gasteiger partial charge in [-0.25, -0.2) is 0 Å². The Balaban J connectivity index is 2.68. The van der Waals surface area contributed by atoms with Crippen molar-refractivity contribution in [1.29, 1.82) is 0 Å². The van der Waals surface area contributed by atoms with Gasteiger partial charge in [0.2, 0.25) is 5.91 Å². The van der Waals surface area contributed by atoms with E-state index in [0.29, 0.717) is 0 Å². The van der Waals surface area contributed by atoms with Crippen molar-refractivity contribution >= 4 is 17.2 Å². The number of hydrogen-bond donors (Lipinski definition) is 0. The second-order valence-corrected chi connectivity index (χ2v) is 4.93. The predicted octanol–water partition coefficient (Wildman–Crippen LogP) is 3.31. The van der Waals surface area contributed by atoms with E-state index in [0.717, 1.165) is 6.42 Å². The maximum Gasteiger partial charge on any atom is 0.225 e. The van der Waals surface area contributed by atoms with Crippen LogP contribution >= 0.6 is 11.3 Å². The molecule has 84 valence electrons. The van der Waals surface area contributed by atoms with Crippen molar-refractivity contribution in [1.82, 2.24) is 4.90 Å². The van der Waals surface area contributed by atoms with Crippen LogP contribution in [0.1, 0.15) is 38.1 Å². The number of amides is 1. The fourth-order valence-corrected chi connectivity index (χ4v) is 2.26. The van der Waals surface area contributed by atoms with Gasteiger partial charge in [-0.1, -0.05) is 19.9 Å². The Labute approximate surface area is 95.9 Å². The number of nitrogens with zero attached hydrogens (tertiary/aromatic N) is 1. The average Bonchev–Trinajstić information content (AvgIpc) is 2.78. The van der Waals surface area contributed by atoms with Crippen LogP contribution in [0.4, 0.5) is 0 Å². The van der Waals surface area contributed by atoms with Crippen molar-refractivity contribution in [2.24, 2.45) is 5.92 Å². The van der Waals surface area contributed by atoms with E-state index in [4.69, 9.17) is 0 Å². The minimum atomic E-state index is 0.123. The second-order valence-electron chi connectivity index (χ2n) is 3.95. The molecule has 0 spiro atoms. The Morgan fingerprint density at radius 1 is 1.53 bits per heavy atom. The summed E-state index contributed by atoms with van der Waals surface area (Å²) in [5.74, 6) is 0.357. The van der Waals surface area contributed by atoms with Crippen molar-refractivity contribution in [2.45, 2.75) is 33.2 Å². The molecule has 0 N–H and O–H groups in total. The Kier molecular flexibility index (Phi) is 4.33. The summed E-state index contributed by atoms with van der Waals surface area (Å²) in [6.45, 7) is 6.11. The molecule has 1 aromatic heterocycles. The largest absolute Gasteiger partial charge is 0.338 e. The highest BCUT2D eigenvalue weighted by Crippen LogP contribution is 2.24. The molecule has 0 saturated heterocycles. The van der Waals surface area contributed by atoms with Crippen LogP contribution in [0.15, 0.2) is 17.5 Å². The molecule has 0 aliphatic heterocycles. The highest BCUT2D eigenvalue weighted by Gasteiger charge is 2.21. The van der Waals surface area contributed by atoms with Crippen LogP contribution in [0.3, 0.4) is 0 Å². The molecular weight excluding hydrogens is 206 g/mol. The number of carbonyl (C=O) groups is 1. The third-order valence-corrected chi connectivity index (χ3v) is 3.96. The van der Waals surface area contributed by atoms with Crippen molar-refractivity contribution < 1.29 is 4.79 Å². The summed E-state index contributed by atoms with van der Waals surface area (Å²) in [6.07, 6.45) is 0.903. The summed E-state index contributed by atoms with van der Waals surface area (Å²) in [5.41, 5.74) is 0. The first kappa shape index (κ1) is 12.2. The second kappa shape index (κ2) is 5.31. The van der Waals surface area contributed by atoms with Gasteiger partial charge in [0.25, 0.3) is 0 Å². The number of rotatable bonds is 4. The van der Waals surface area contributed by atoms with Gasteiger partial charge in [-0.05, 0) is 24.8 Å². The third-order valence-electron chi connectivity index (χ3n) is 2.92. The molecule has 2 nitrogen and oxygen atoms in total. The van der Waals surface area contributed by atoms with Crippen molar-refractivity contribution in [3.63, 3.8) is 0 Å². The fourth-order valence-electron chi connectivity index (χ4n) is 1.43. The molecule has 0 bridgehead atoms. The van der Waals surface area contributed by atoms with E-state index in [1.807, 2.05) is 37.2 Å².